The van der Waals surface area contributed by atoms with Gasteiger partial charge in [0.15, 0.2) is 5.82 Å². The molecule has 228 valence electrons. The maximum Gasteiger partial charge on any atom is 0.311 e. The van der Waals surface area contributed by atoms with Gasteiger partial charge < -0.3 is 14.7 Å². The zero-order valence-electron chi connectivity index (χ0n) is 26.3. The summed E-state index contributed by atoms with van der Waals surface area (Å²) in [6.07, 6.45) is 11.2. The van der Waals surface area contributed by atoms with E-state index < -0.39 is 5.60 Å². The van der Waals surface area contributed by atoms with Crippen LogP contribution in [0.25, 0.3) is 11.4 Å². The number of carbonyl (C=O) groups is 1. The van der Waals surface area contributed by atoms with Crippen LogP contribution in [0.4, 0.5) is 0 Å². The Bertz CT molecular complexity index is 1510. The Morgan fingerprint density at radius 2 is 1.67 bits per heavy atom. The standard InChI is InChI=1S/C35H45N5O3/c1-23(2)24-6-8-26(9-7-24)35(42,32(3)21-39(4)22-32)27-18-25(19-36-20-27)29-37-30(40(38-29)28-10-11-28)33-12-15-34(16-13-33,17-14-33)31(41)43-5/h6-9,18-20,23,28,42H,10-17,21-22H2,1-5H3/t33?,34?,35-/m0/s1. The van der Waals surface area contributed by atoms with Gasteiger partial charge in [-0.2, -0.15) is 5.10 Å². The molecule has 0 unspecified atom stereocenters. The van der Waals surface area contributed by atoms with E-state index in [0.29, 0.717) is 17.8 Å². The highest BCUT2D eigenvalue weighted by Gasteiger charge is 2.57. The van der Waals surface area contributed by atoms with Crippen LogP contribution < -0.4 is 0 Å². The predicted octanol–water partition coefficient (Wildman–Crippen LogP) is 5.75. The summed E-state index contributed by atoms with van der Waals surface area (Å²) in [4.78, 5) is 24.8. The van der Waals surface area contributed by atoms with Crippen molar-refractivity contribution in [1.82, 2.24) is 24.6 Å². The first-order valence-corrected chi connectivity index (χ1v) is 16.1. The normalized spacial score (nSPS) is 28.0. The molecule has 4 aliphatic carbocycles. The largest absolute Gasteiger partial charge is 0.469 e. The minimum Gasteiger partial charge on any atom is -0.469 e. The molecule has 0 amide bonds. The van der Waals surface area contributed by atoms with Crippen molar-refractivity contribution >= 4 is 5.97 Å². The summed E-state index contributed by atoms with van der Waals surface area (Å²) in [5.41, 5.74) is 1.77. The summed E-state index contributed by atoms with van der Waals surface area (Å²) in [7, 11) is 3.61. The fourth-order valence-electron chi connectivity index (χ4n) is 8.53. The number of rotatable bonds is 8. The van der Waals surface area contributed by atoms with Gasteiger partial charge in [0.05, 0.1) is 18.6 Å². The smallest absolute Gasteiger partial charge is 0.311 e. The number of likely N-dealkylation sites (tertiary alicyclic amines) is 1. The van der Waals surface area contributed by atoms with Gasteiger partial charge in [-0.1, -0.05) is 45.0 Å². The molecule has 1 saturated heterocycles. The molecule has 1 aliphatic heterocycles. The zero-order chi connectivity index (χ0) is 30.2. The lowest BCUT2D eigenvalue weighted by Crippen LogP contribution is -2.63. The number of pyridine rings is 1. The maximum absolute atomic E-state index is 12.7. The highest BCUT2D eigenvalue weighted by Crippen LogP contribution is 2.59. The molecule has 1 aromatic carbocycles. The van der Waals surface area contributed by atoms with E-state index in [-0.39, 0.29) is 22.2 Å². The van der Waals surface area contributed by atoms with Crippen LogP contribution in [0.15, 0.2) is 42.7 Å². The van der Waals surface area contributed by atoms with Gasteiger partial charge in [-0.05, 0) is 81.5 Å². The summed E-state index contributed by atoms with van der Waals surface area (Å²) in [5, 5.41) is 17.9. The first kappa shape index (κ1) is 28.7. The summed E-state index contributed by atoms with van der Waals surface area (Å²) < 4.78 is 7.40. The molecule has 3 heterocycles. The summed E-state index contributed by atoms with van der Waals surface area (Å²) in [5.74, 6) is 2.12. The Balaban J connectivity index is 1.27. The lowest BCUT2D eigenvalue weighted by molar-refractivity contribution is -0.160. The molecule has 0 spiro atoms. The molecule has 0 radical (unpaired) electrons. The Morgan fingerprint density at radius 3 is 2.23 bits per heavy atom. The van der Waals surface area contributed by atoms with Crippen LogP contribution in [0.2, 0.25) is 0 Å². The van der Waals surface area contributed by atoms with Crippen molar-refractivity contribution in [2.45, 2.75) is 95.1 Å². The number of fused-ring (bicyclic) bond motifs is 3. The molecule has 3 aromatic rings. The van der Waals surface area contributed by atoms with Crippen LogP contribution in [0, 0.1) is 10.8 Å². The van der Waals surface area contributed by atoms with Crippen LogP contribution in [0.1, 0.15) is 107 Å². The number of esters is 1. The molecule has 2 bridgehead atoms. The predicted molar refractivity (Wildman–Crippen MR) is 164 cm³/mol. The molecule has 1 atom stereocenters. The number of hydrogen-bond donors (Lipinski definition) is 1. The first-order valence-electron chi connectivity index (χ1n) is 16.1. The number of carbonyl (C=O) groups excluding carboxylic acids is 1. The molecule has 8 rings (SSSR count). The van der Waals surface area contributed by atoms with Crippen LogP contribution >= 0.6 is 0 Å². The van der Waals surface area contributed by atoms with E-state index in [1.54, 1.807) is 0 Å². The Hall–Kier alpha value is -3.10. The van der Waals surface area contributed by atoms with Gasteiger partial charge in [0, 0.05) is 47.4 Å². The number of ether oxygens (including phenoxy) is 1. The first-order chi connectivity index (χ1) is 20.5. The Kier molecular flexibility index (Phi) is 6.64. The van der Waals surface area contributed by atoms with Gasteiger partial charge in [-0.25, -0.2) is 9.67 Å². The lowest BCUT2D eigenvalue weighted by Gasteiger charge is -2.55. The number of benzene rings is 1. The molecule has 5 aliphatic rings. The van der Waals surface area contributed by atoms with Crippen LogP contribution in [-0.2, 0) is 20.5 Å². The van der Waals surface area contributed by atoms with E-state index in [1.165, 1.54) is 12.7 Å². The number of aliphatic hydroxyl groups is 1. The van der Waals surface area contributed by atoms with Gasteiger partial charge in [-0.3, -0.25) is 9.78 Å². The molecular formula is C35H45N5O3. The zero-order valence-corrected chi connectivity index (χ0v) is 26.3. The summed E-state index contributed by atoms with van der Waals surface area (Å²) in [6.45, 7) is 8.12. The second-order valence-electron chi connectivity index (χ2n) is 14.7. The average molecular weight is 584 g/mol. The van der Waals surface area contributed by atoms with Crippen molar-refractivity contribution in [1.29, 1.82) is 0 Å². The second-order valence-corrected chi connectivity index (χ2v) is 14.7. The van der Waals surface area contributed by atoms with Crippen LogP contribution in [0.5, 0.6) is 0 Å². The minimum atomic E-state index is -1.22. The fourth-order valence-corrected chi connectivity index (χ4v) is 8.53. The van der Waals surface area contributed by atoms with Gasteiger partial charge in [0.1, 0.15) is 11.4 Å². The fraction of sp³-hybridized carbons (Fsp3) is 0.600. The van der Waals surface area contributed by atoms with Gasteiger partial charge in [-0.15, -0.1) is 0 Å². The average Bonchev–Trinajstić information content (AvgIpc) is 3.77. The van der Waals surface area contributed by atoms with E-state index in [1.807, 2.05) is 12.4 Å². The third kappa shape index (κ3) is 4.39. The van der Waals surface area contributed by atoms with Crippen molar-refractivity contribution in [3.63, 3.8) is 0 Å². The van der Waals surface area contributed by atoms with E-state index in [9.17, 15) is 9.90 Å². The van der Waals surface area contributed by atoms with E-state index in [2.05, 4.69) is 72.7 Å². The van der Waals surface area contributed by atoms with Gasteiger partial charge in [0.25, 0.3) is 0 Å². The summed E-state index contributed by atoms with van der Waals surface area (Å²) >= 11 is 0. The van der Waals surface area contributed by atoms with E-state index in [4.69, 9.17) is 14.8 Å². The van der Waals surface area contributed by atoms with Gasteiger partial charge >= 0.3 is 5.97 Å². The lowest BCUT2D eigenvalue weighted by atomic mass is 9.53. The molecule has 5 fully saturated rings. The molecule has 2 aromatic heterocycles. The third-order valence-electron chi connectivity index (χ3n) is 11.4. The number of methoxy groups -OCH3 is 1. The molecule has 8 nitrogen and oxygen atoms in total. The van der Waals surface area contributed by atoms with Crippen LogP contribution in [-0.4, -0.2) is 63.0 Å². The molecule has 4 saturated carbocycles. The highest BCUT2D eigenvalue weighted by molar-refractivity contribution is 5.77. The topological polar surface area (TPSA) is 93.4 Å². The van der Waals surface area contributed by atoms with Crippen molar-refractivity contribution in [2.24, 2.45) is 10.8 Å². The third-order valence-corrected chi connectivity index (χ3v) is 11.4. The van der Waals surface area contributed by atoms with Crippen LogP contribution in [0.3, 0.4) is 0 Å². The van der Waals surface area contributed by atoms with Crippen molar-refractivity contribution in [3.05, 3.63) is 65.2 Å². The Morgan fingerprint density at radius 1 is 1.02 bits per heavy atom. The maximum atomic E-state index is 12.7. The monoisotopic (exact) mass is 583 g/mol. The molecule has 8 heteroatoms. The van der Waals surface area contributed by atoms with Crippen molar-refractivity contribution < 1.29 is 14.6 Å². The second kappa shape index (κ2) is 9.96. The SMILES string of the molecule is COC(=O)C12CCC(c3nc(-c4cncc([C@@](O)(c5ccc(C(C)C)cc5)C5(C)CN(C)C5)c4)nn3C3CC3)(CC1)CC2. The highest BCUT2D eigenvalue weighted by atomic mass is 16.5. The Labute approximate surface area is 254 Å². The molecular weight excluding hydrogens is 538 g/mol. The van der Waals surface area contributed by atoms with Gasteiger partial charge in [0.2, 0.25) is 0 Å². The van der Waals surface area contributed by atoms with E-state index >= 15 is 0 Å². The number of hydrogen-bond acceptors (Lipinski definition) is 7. The quantitative estimate of drug-likeness (QED) is 0.338. The number of nitrogens with zero attached hydrogens (tertiary/aromatic N) is 5. The molecule has 43 heavy (non-hydrogen) atoms. The van der Waals surface area contributed by atoms with Crippen molar-refractivity contribution in [2.75, 3.05) is 27.2 Å². The number of aromatic nitrogens is 4. The summed E-state index contributed by atoms with van der Waals surface area (Å²) in [6, 6.07) is 10.9. The van der Waals surface area contributed by atoms with Crippen molar-refractivity contribution in [3.8, 4) is 11.4 Å². The molecule has 1 N–H and O–H groups in total. The minimum absolute atomic E-state index is 0.0503. The van der Waals surface area contributed by atoms with E-state index in [0.717, 1.165) is 87.0 Å².